The van der Waals surface area contributed by atoms with E-state index in [-0.39, 0.29) is 5.75 Å². The second-order valence-corrected chi connectivity index (χ2v) is 8.71. The fourth-order valence-corrected chi connectivity index (χ4v) is 5.04. The Hall–Kier alpha value is -1.28. The van der Waals surface area contributed by atoms with Crippen molar-refractivity contribution >= 4 is 21.4 Å². The topological polar surface area (TPSA) is 53.5 Å². The summed E-state index contributed by atoms with van der Waals surface area (Å²) >= 11 is 1.67. The van der Waals surface area contributed by atoms with E-state index in [4.69, 9.17) is 0 Å². The third-order valence-corrected chi connectivity index (χ3v) is 6.74. The minimum absolute atomic E-state index is 0.0829. The fraction of sp³-hybridized carbons (Fsp3) is 0.438. The summed E-state index contributed by atoms with van der Waals surface area (Å²) in [5.41, 5.74) is 1.89. The highest BCUT2D eigenvalue weighted by Crippen LogP contribution is 2.16. The number of aryl methyl sites for hydroxylation is 1. The summed E-state index contributed by atoms with van der Waals surface area (Å²) in [4.78, 5) is 6.74. The van der Waals surface area contributed by atoms with Gasteiger partial charge in [0.05, 0.1) is 12.3 Å². The molecule has 7 heteroatoms. The third kappa shape index (κ3) is 4.38. The highest BCUT2D eigenvalue weighted by atomic mass is 32.2. The van der Waals surface area contributed by atoms with Crippen molar-refractivity contribution in [1.82, 2.24) is 14.2 Å². The number of hydrogen-bond donors (Lipinski definition) is 0. The van der Waals surface area contributed by atoms with Crippen LogP contribution in [0.5, 0.6) is 0 Å². The molecule has 1 aliphatic rings. The molecule has 5 nitrogen and oxygen atoms in total. The Morgan fingerprint density at radius 1 is 1.13 bits per heavy atom. The first kappa shape index (κ1) is 16.6. The molecule has 0 radical (unpaired) electrons. The number of rotatable bonds is 5. The van der Waals surface area contributed by atoms with Gasteiger partial charge in [-0.2, -0.15) is 4.31 Å². The third-order valence-electron chi connectivity index (χ3n) is 3.94. The van der Waals surface area contributed by atoms with Gasteiger partial charge in [0, 0.05) is 37.3 Å². The number of thiazole rings is 1. The zero-order valence-electron chi connectivity index (χ0n) is 13.2. The van der Waals surface area contributed by atoms with Crippen LogP contribution >= 0.6 is 11.3 Å². The lowest BCUT2D eigenvalue weighted by Gasteiger charge is -2.33. The summed E-state index contributed by atoms with van der Waals surface area (Å²) in [6.45, 7) is 5.43. The molecule has 0 unspecified atom stereocenters. The van der Waals surface area contributed by atoms with E-state index in [0.29, 0.717) is 13.1 Å². The average molecular weight is 351 g/mol. The summed E-state index contributed by atoms with van der Waals surface area (Å²) in [6, 6.07) is 9.37. The second-order valence-electron chi connectivity index (χ2n) is 5.80. The molecule has 1 aromatic carbocycles. The molecule has 1 fully saturated rings. The van der Waals surface area contributed by atoms with Crippen molar-refractivity contribution in [2.24, 2.45) is 0 Å². The monoisotopic (exact) mass is 351 g/mol. The van der Waals surface area contributed by atoms with Crippen LogP contribution in [-0.2, 0) is 22.3 Å². The van der Waals surface area contributed by atoms with E-state index >= 15 is 0 Å². The predicted molar refractivity (Wildman–Crippen MR) is 92.8 cm³/mol. The highest BCUT2D eigenvalue weighted by molar-refractivity contribution is 7.88. The van der Waals surface area contributed by atoms with Gasteiger partial charge in [-0.15, -0.1) is 11.3 Å². The SMILES string of the molecule is Cc1csc(CN2CCN(S(=O)(=O)Cc3ccccc3)CC2)n1. The van der Waals surface area contributed by atoms with Gasteiger partial charge in [-0.25, -0.2) is 13.4 Å². The van der Waals surface area contributed by atoms with Gasteiger partial charge in [-0.05, 0) is 12.5 Å². The van der Waals surface area contributed by atoms with Crippen LogP contribution in [0.3, 0.4) is 0 Å². The van der Waals surface area contributed by atoms with E-state index in [9.17, 15) is 8.42 Å². The molecule has 23 heavy (non-hydrogen) atoms. The van der Waals surface area contributed by atoms with Crippen molar-refractivity contribution in [3.63, 3.8) is 0 Å². The fourth-order valence-electron chi connectivity index (χ4n) is 2.71. The number of nitrogens with zero attached hydrogens (tertiary/aromatic N) is 3. The Morgan fingerprint density at radius 2 is 1.83 bits per heavy atom. The van der Waals surface area contributed by atoms with Crippen LogP contribution in [0.4, 0.5) is 0 Å². The number of hydrogen-bond acceptors (Lipinski definition) is 5. The van der Waals surface area contributed by atoms with E-state index in [1.807, 2.05) is 37.3 Å². The normalized spacial score (nSPS) is 17.4. The van der Waals surface area contributed by atoms with Gasteiger partial charge in [-0.3, -0.25) is 4.90 Å². The van der Waals surface area contributed by atoms with Crippen molar-refractivity contribution in [3.05, 3.63) is 52.0 Å². The zero-order chi connectivity index (χ0) is 16.3. The van der Waals surface area contributed by atoms with Crippen LogP contribution in [-0.4, -0.2) is 48.8 Å². The predicted octanol–water partition coefficient (Wildman–Crippen LogP) is 2.10. The van der Waals surface area contributed by atoms with Gasteiger partial charge in [0.15, 0.2) is 0 Å². The van der Waals surface area contributed by atoms with E-state index in [2.05, 4.69) is 15.3 Å². The van der Waals surface area contributed by atoms with Crippen molar-refractivity contribution in [2.45, 2.75) is 19.2 Å². The molecule has 0 spiro atoms. The van der Waals surface area contributed by atoms with E-state index in [1.54, 1.807) is 15.6 Å². The van der Waals surface area contributed by atoms with Crippen LogP contribution < -0.4 is 0 Å². The smallest absolute Gasteiger partial charge is 0.218 e. The first-order valence-corrected chi connectivity index (χ1v) is 10.2. The lowest BCUT2D eigenvalue weighted by Crippen LogP contribution is -2.48. The highest BCUT2D eigenvalue weighted by Gasteiger charge is 2.27. The molecular formula is C16H21N3O2S2. The Labute approximate surface area is 141 Å². The number of aromatic nitrogens is 1. The molecular weight excluding hydrogens is 330 g/mol. The zero-order valence-corrected chi connectivity index (χ0v) is 14.8. The standard InChI is InChI=1S/C16H21N3O2S2/c1-14-12-22-16(17-14)11-18-7-9-19(10-8-18)23(20,21)13-15-5-3-2-4-6-15/h2-6,12H,7-11,13H2,1H3. The first-order valence-electron chi connectivity index (χ1n) is 7.68. The van der Waals surface area contributed by atoms with Gasteiger partial charge in [0.2, 0.25) is 10.0 Å². The molecule has 1 aliphatic heterocycles. The molecule has 1 aromatic heterocycles. The number of benzene rings is 1. The lowest BCUT2D eigenvalue weighted by molar-refractivity contribution is 0.181. The maximum atomic E-state index is 12.5. The Balaban J connectivity index is 1.55. The number of piperazine rings is 1. The van der Waals surface area contributed by atoms with Gasteiger partial charge < -0.3 is 0 Å². The second kappa shape index (κ2) is 7.09. The lowest BCUT2D eigenvalue weighted by atomic mass is 10.2. The van der Waals surface area contributed by atoms with Gasteiger partial charge >= 0.3 is 0 Å². The van der Waals surface area contributed by atoms with E-state index < -0.39 is 10.0 Å². The molecule has 0 aliphatic carbocycles. The van der Waals surface area contributed by atoms with E-state index in [1.165, 1.54) is 0 Å². The van der Waals surface area contributed by atoms with Crippen molar-refractivity contribution in [2.75, 3.05) is 26.2 Å². The molecule has 0 N–H and O–H groups in total. The molecule has 2 aromatic rings. The van der Waals surface area contributed by atoms with Gasteiger partial charge in [0.1, 0.15) is 5.01 Å². The summed E-state index contributed by atoms with van der Waals surface area (Å²) in [7, 11) is -3.23. The number of sulfonamides is 1. The molecule has 124 valence electrons. The van der Waals surface area contributed by atoms with Crippen molar-refractivity contribution in [1.29, 1.82) is 0 Å². The van der Waals surface area contributed by atoms with Crippen molar-refractivity contribution in [3.8, 4) is 0 Å². The van der Waals surface area contributed by atoms with E-state index in [0.717, 1.165) is 35.9 Å². The maximum absolute atomic E-state index is 12.5. The largest absolute Gasteiger partial charge is 0.294 e. The summed E-state index contributed by atoms with van der Waals surface area (Å²) in [5, 5.41) is 3.15. The average Bonchev–Trinajstić information content (AvgIpc) is 2.93. The molecule has 1 saturated heterocycles. The van der Waals surface area contributed by atoms with Crippen molar-refractivity contribution < 1.29 is 8.42 Å². The minimum Gasteiger partial charge on any atom is -0.294 e. The Bertz CT molecular complexity index is 736. The van der Waals surface area contributed by atoms with Crippen LogP contribution in [0.2, 0.25) is 0 Å². The molecule has 3 rings (SSSR count). The molecule has 0 atom stereocenters. The molecule has 0 bridgehead atoms. The maximum Gasteiger partial charge on any atom is 0.218 e. The van der Waals surface area contributed by atoms with Crippen LogP contribution in [0.25, 0.3) is 0 Å². The van der Waals surface area contributed by atoms with Gasteiger partial charge in [-0.1, -0.05) is 30.3 Å². The first-order chi connectivity index (χ1) is 11.0. The van der Waals surface area contributed by atoms with Gasteiger partial charge in [0.25, 0.3) is 0 Å². The summed E-state index contributed by atoms with van der Waals surface area (Å²) in [5.74, 6) is 0.0829. The van der Waals surface area contributed by atoms with Crippen LogP contribution in [0.1, 0.15) is 16.3 Å². The summed E-state index contributed by atoms with van der Waals surface area (Å²) in [6.07, 6.45) is 0. The van der Waals surface area contributed by atoms with Crippen LogP contribution in [0, 0.1) is 6.92 Å². The Kier molecular flexibility index (Phi) is 5.11. The minimum atomic E-state index is -3.23. The molecule has 0 amide bonds. The van der Waals surface area contributed by atoms with Crippen LogP contribution in [0.15, 0.2) is 35.7 Å². The quantitative estimate of drug-likeness (QED) is 0.828. The Morgan fingerprint density at radius 3 is 2.43 bits per heavy atom. The molecule has 0 saturated carbocycles. The summed E-state index contributed by atoms with van der Waals surface area (Å²) < 4.78 is 26.7. The molecule has 2 heterocycles.